The first kappa shape index (κ1) is 16.4. The molecule has 0 fully saturated rings. The summed E-state index contributed by atoms with van der Waals surface area (Å²) in [5.41, 5.74) is -1.80. The number of aliphatic hydroxyl groups is 1. The predicted molar refractivity (Wildman–Crippen MR) is 64.6 cm³/mol. The lowest BCUT2D eigenvalue weighted by atomic mass is 10.0. The Hall–Kier alpha value is -1.63. The van der Waals surface area contributed by atoms with Crippen molar-refractivity contribution in [2.75, 3.05) is 6.61 Å². The minimum atomic E-state index is -4.66. The van der Waals surface area contributed by atoms with E-state index in [0.717, 1.165) is 0 Å². The number of aliphatic hydroxyl groups excluding tert-OH is 1. The van der Waals surface area contributed by atoms with E-state index in [4.69, 9.17) is 5.11 Å². The smallest absolute Gasteiger partial charge is 0.394 e. The maximum Gasteiger partial charge on any atom is 0.416 e. The van der Waals surface area contributed by atoms with Crippen molar-refractivity contribution in [2.24, 2.45) is 5.92 Å². The zero-order valence-electron chi connectivity index (χ0n) is 11.0. The van der Waals surface area contributed by atoms with Crippen molar-refractivity contribution in [3.05, 3.63) is 35.1 Å². The molecule has 0 radical (unpaired) electrons. The van der Waals surface area contributed by atoms with Crippen molar-refractivity contribution in [2.45, 2.75) is 26.1 Å². The average Bonchev–Trinajstić information content (AvgIpc) is 2.34. The van der Waals surface area contributed by atoms with Crippen LogP contribution in [0.3, 0.4) is 0 Å². The highest BCUT2D eigenvalue weighted by atomic mass is 19.4. The molecule has 1 aromatic rings. The molecule has 1 amide bonds. The van der Waals surface area contributed by atoms with E-state index in [2.05, 4.69) is 5.32 Å². The molecule has 0 aliphatic heterocycles. The van der Waals surface area contributed by atoms with Crippen LogP contribution in [0.1, 0.15) is 29.8 Å². The maximum atomic E-state index is 13.5. The van der Waals surface area contributed by atoms with Crippen molar-refractivity contribution in [3.63, 3.8) is 0 Å². The van der Waals surface area contributed by atoms with Gasteiger partial charge < -0.3 is 10.4 Å². The van der Waals surface area contributed by atoms with E-state index in [9.17, 15) is 22.4 Å². The number of carbonyl (C=O) groups is 1. The fraction of sp³-hybridized carbons (Fsp3) is 0.462. The zero-order chi connectivity index (χ0) is 15.5. The second kappa shape index (κ2) is 6.21. The molecule has 0 saturated heterocycles. The van der Waals surface area contributed by atoms with E-state index in [1.165, 1.54) is 0 Å². The number of carbonyl (C=O) groups excluding carboxylic acids is 1. The van der Waals surface area contributed by atoms with Crippen LogP contribution in [0.2, 0.25) is 0 Å². The maximum absolute atomic E-state index is 13.5. The molecular formula is C13H15F4NO2. The minimum Gasteiger partial charge on any atom is -0.394 e. The van der Waals surface area contributed by atoms with Crippen LogP contribution < -0.4 is 5.32 Å². The minimum absolute atomic E-state index is 0.141. The molecule has 2 N–H and O–H groups in total. The number of halogens is 4. The Labute approximate surface area is 113 Å². The Morgan fingerprint density at radius 2 is 1.95 bits per heavy atom. The van der Waals surface area contributed by atoms with Gasteiger partial charge in [-0.1, -0.05) is 13.8 Å². The second-order valence-electron chi connectivity index (χ2n) is 4.70. The van der Waals surface area contributed by atoms with Crippen LogP contribution in [-0.4, -0.2) is 23.7 Å². The number of benzene rings is 1. The first-order chi connectivity index (χ1) is 9.16. The molecule has 0 unspecified atom stereocenters. The number of hydrogen-bond acceptors (Lipinski definition) is 2. The lowest BCUT2D eigenvalue weighted by Crippen LogP contribution is -2.41. The topological polar surface area (TPSA) is 49.3 Å². The van der Waals surface area contributed by atoms with Crippen LogP contribution >= 0.6 is 0 Å². The van der Waals surface area contributed by atoms with Gasteiger partial charge in [0.2, 0.25) is 0 Å². The van der Waals surface area contributed by atoms with Gasteiger partial charge in [-0.3, -0.25) is 4.79 Å². The van der Waals surface area contributed by atoms with E-state index in [0.29, 0.717) is 18.2 Å². The van der Waals surface area contributed by atoms with E-state index < -0.39 is 35.1 Å². The van der Waals surface area contributed by atoms with Gasteiger partial charge in [-0.25, -0.2) is 4.39 Å². The van der Waals surface area contributed by atoms with Crippen molar-refractivity contribution >= 4 is 5.91 Å². The Morgan fingerprint density at radius 1 is 1.35 bits per heavy atom. The summed E-state index contributed by atoms with van der Waals surface area (Å²) in [4.78, 5) is 11.8. The van der Waals surface area contributed by atoms with Gasteiger partial charge in [0.25, 0.3) is 5.91 Å². The van der Waals surface area contributed by atoms with Crippen LogP contribution in [0.15, 0.2) is 18.2 Å². The highest BCUT2D eigenvalue weighted by Crippen LogP contribution is 2.30. The summed E-state index contributed by atoms with van der Waals surface area (Å²) >= 11 is 0. The highest BCUT2D eigenvalue weighted by Gasteiger charge is 2.32. The van der Waals surface area contributed by atoms with Gasteiger partial charge in [-0.15, -0.1) is 0 Å². The van der Waals surface area contributed by atoms with Crippen LogP contribution in [0, 0.1) is 11.7 Å². The Bertz CT molecular complexity index is 486. The van der Waals surface area contributed by atoms with Gasteiger partial charge in [0.15, 0.2) is 0 Å². The number of alkyl halides is 3. The van der Waals surface area contributed by atoms with Crippen molar-refractivity contribution in [3.8, 4) is 0 Å². The van der Waals surface area contributed by atoms with Crippen molar-refractivity contribution in [1.82, 2.24) is 5.32 Å². The summed E-state index contributed by atoms with van der Waals surface area (Å²) < 4.78 is 51.1. The average molecular weight is 293 g/mol. The summed E-state index contributed by atoms with van der Waals surface area (Å²) in [6.45, 7) is 3.04. The molecule has 1 rings (SSSR count). The van der Waals surface area contributed by atoms with Crippen molar-refractivity contribution in [1.29, 1.82) is 0 Å². The third-order valence-electron chi connectivity index (χ3n) is 2.86. The lowest BCUT2D eigenvalue weighted by Gasteiger charge is -2.20. The molecule has 0 bridgehead atoms. The van der Waals surface area contributed by atoms with Gasteiger partial charge in [-0.2, -0.15) is 13.2 Å². The van der Waals surface area contributed by atoms with Gasteiger partial charge in [0.1, 0.15) is 5.82 Å². The Kier molecular flexibility index (Phi) is 5.10. The van der Waals surface area contributed by atoms with E-state index in [1.54, 1.807) is 13.8 Å². The number of amides is 1. The third kappa shape index (κ3) is 3.93. The summed E-state index contributed by atoms with van der Waals surface area (Å²) in [6.07, 6.45) is -4.66. The molecule has 0 aliphatic carbocycles. The van der Waals surface area contributed by atoms with Gasteiger partial charge in [0.05, 0.1) is 23.8 Å². The summed E-state index contributed by atoms with van der Waals surface area (Å²) in [5.74, 6) is -2.17. The predicted octanol–water partition coefficient (Wildman–Crippen LogP) is 2.59. The van der Waals surface area contributed by atoms with E-state index >= 15 is 0 Å². The standard InChI is InChI=1S/C13H15F4NO2/c1-7(2)11(6-19)18-12(20)9-5-8(13(15,16)17)3-4-10(9)14/h3-5,7,11,19H,6H2,1-2H3,(H,18,20)/t11-/m1/s1. The molecule has 1 aromatic carbocycles. The van der Waals surface area contributed by atoms with Crippen LogP contribution in [0.4, 0.5) is 17.6 Å². The highest BCUT2D eigenvalue weighted by molar-refractivity contribution is 5.94. The molecule has 1 atom stereocenters. The van der Waals surface area contributed by atoms with Gasteiger partial charge in [-0.05, 0) is 24.1 Å². The normalized spacial score (nSPS) is 13.4. The molecule has 0 heterocycles. The molecule has 20 heavy (non-hydrogen) atoms. The third-order valence-corrected chi connectivity index (χ3v) is 2.86. The SMILES string of the molecule is CC(C)[C@@H](CO)NC(=O)c1cc(C(F)(F)F)ccc1F. The van der Waals surface area contributed by atoms with Gasteiger partial charge in [0, 0.05) is 0 Å². The number of rotatable bonds is 4. The summed E-state index contributed by atoms with van der Waals surface area (Å²) in [6, 6.07) is 0.968. The summed E-state index contributed by atoms with van der Waals surface area (Å²) in [5, 5.41) is 11.4. The fourth-order valence-electron chi connectivity index (χ4n) is 1.54. The van der Waals surface area contributed by atoms with Gasteiger partial charge >= 0.3 is 6.18 Å². The Balaban J connectivity index is 3.03. The largest absolute Gasteiger partial charge is 0.416 e. The molecule has 0 aliphatic rings. The van der Waals surface area contributed by atoms with Crippen LogP contribution in [0.5, 0.6) is 0 Å². The quantitative estimate of drug-likeness (QED) is 0.838. The van der Waals surface area contributed by atoms with E-state index in [-0.39, 0.29) is 12.5 Å². The zero-order valence-corrected chi connectivity index (χ0v) is 11.0. The summed E-state index contributed by atoms with van der Waals surface area (Å²) in [7, 11) is 0. The number of hydrogen-bond donors (Lipinski definition) is 2. The van der Waals surface area contributed by atoms with Crippen LogP contribution in [0.25, 0.3) is 0 Å². The molecule has 0 saturated carbocycles. The monoisotopic (exact) mass is 293 g/mol. The lowest BCUT2D eigenvalue weighted by molar-refractivity contribution is -0.137. The molecule has 0 aromatic heterocycles. The molecule has 0 spiro atoms. The molecule has 3 nitrogen and oxygen atoms in total. The second-order valence-corrected chi connectivity index (χ2v) is 4.70. The van der Waals surface area contributed by atoms with E-state index in [1.807, 2.05) is 0 Å². The first-order valence-corrected chi connectivity index (χ1v) is 5.95. The van der Waals surface area contributed by atoms with Crippen molar-refractivity contribution < 1.29 is 27.5 Å². The first-order valence-electron chi connectivity index (χ1n) is 5.95. The van der Waals surface area contributed by atoms with Crippen LogP contribution in [-0.2, 0) is 6.18 Å². The molecular weight excluding hydrogens is 278 g/mol. The molecule has 7 heteroatoms. The molecule has 112 valence electrons. The fourth-order valence-corrected chi connectivity index (χ4v) is 1.54. The Morgan fingerprint density at radius 3 is 2.40 bits per heavy atom. The number of nitrogens with one attached hydrogen (secondary N) is 1.